The third-order valence-corrected chi connectivity index (χ3v) is 2.70. The van der Waals surface area contributed by atoms with Crippen molar-refractivity contribution in [2.24, 2.45) is 5.92 Å². The molecule has 0 saturated carbocycles. The van der Waals surface area contributed by atoms with E-state index in [0.717, 1.165) is 24.0 Å². The number of imidazole rings is 1. The Morgan fingerprint density at radius 1 is 1.44 bits per heavy atom. The van der Waals surface area contributed by atoms with Crippen LogP contribution in [0.4, 0.5) is 0 Å². The Morgan fingerprint density at radius 3 is 2.94 bits per heavy atom. The van der Waals surface area contributed by atoms with E-state index in [9.17, 15) is 0 Å². The molecule has 0 fully saturated rings. The highest BCUT2D eigenvalue weighted by Crippen LogP contribution is 2.16. The Labute approximate surface area is 95.3 Å². The highest BCUT2D eigenvalue weighted by molar-refractivity contribution is 5.76. The summed E-state index contributed by atoms with van der Waals surface area (Å²) in [5, 5.41) is 8.86. The van der Waals surface area contributed by atoms with Crippen LogP contribution in [0.25, 0.3) is 11.0 Å². The van der Waals surface area contributed by atoms with E-state index in [1.54, 1.807) is 0 Å². The monoisotopic (exact) mass is 213 g/mol. The lowest BCUT2D eigenvalue weighted by molar-refractivity contribution is 0.523. The zero-order valence-corrected chi connectivity index (χ0v) is 9.64. The molecule has 2 aromatic rings. The second kappa shape index (κ2) is 4.36. The van der Waals surface area contributed by atoms with E-state index in [2.05, 4.69) is 29.5 Å². The zero-order chi connectivity index (χ0) is 11.5. The van der Waals surface area contributed by atoms with Gasteiger partial charge in [-0.1, -0.05) is 13.8 Å². The fourth-order valence-corrected chi connectivity index (χ4v) is 1.70. The first-order chi connectivity index (χ1) is 7.70. The number of fused-ring (bicyclic) bond motifs is 1. The predicted octanol–water partition coefficient (Wildman–Crippen LogP) is 2.95. The fraction of sp³-hybridized carbons (Fsp3) is 0.385. The molecule has 3 nitrogen and oxygen atoms in total. The first-order valence-electron chi connectivity index (χ1n) is 5.55. The van der Waals surface area contributed by atoms with Gasteiger partial charge >= 0.3 is 0 Å². The van der Waals surface area contributed by atoms with Crippen LogP contribution in [0.2, 0.25) is 0 Å². The van der Waals surface area contributed by atoms with Crippen LogP contribution in [-0.4, -0.2) is 9.55 Å². The lowest BCUT2D eigenvalue weighted by Gasteiger charge is -2.06. The summed E-state index contributed by atoms with van der Waals surface area (Å²) in [6, 6.07) is 7.78. The normalized spacial score (nSPS) is 10.9. The minimum atomic E-state index is 0.677. The topological polar surface area (TPSA) is 41.6 Å². The van der Waals surface area contributed by atoms with Gasteiger partial charge in [0.15, 0.2) is 0 Å². The molecule has 82 valence electrons. The Bertz CT molecular complexity index is 532. The van der Waals surface area contributed by atoms with E-state index in [4.69, 9.17) is 5.26 Å². The summed E-state index contributed by atoms with van der Waals surface area (Å²) in [6.45, 7) is 5.38. The largest absolute Gasteiger partial charge is 0.331 e. The van der Waals surface area contributed by atoms with Crippen LogP contribution in [0.1, 0.15) is 25.8 Å². The van der Waals surface area contributed by atoms with Gasteiger partial charge in [0.1, 0.15) is 0 Å². The molecule has 0 N–H and O–H groups in total. The number of nitriles is 1. The Morgan fingerprint density at radius 2 is 2.25 bits per heavy atom. The number of nitrogens with zero attached hydrogens (tertiary/aromatic N) is 3. The van der Waals surface area contributed by atoms with Gasteiger partial charge in [-0.2, -0.15) is 5.26 Å². The number of hydrogen-bond donors (Lipinski definition) is 0. The van der Waals surface area contributed by atoms with Gasteiger partial charge in [0.2, 0.25) is 0 Å². The van der Waals surface area contributed by atoms with Crippen LogP contribution in [0.5, 0.6) is 0 Å². The molecule has 0 aliphatic carbocycles. The highest BCUT2D eigenvalue weighted by atomic mass is 15.0. The molecule has 0 aliphatic rings. The fourth-order valence-electron chi connectivity index (χ4n) is 1.70. The molecule has 2 rings (SSSR count). The molecule has 16 heavy (non-hydrogen) atoms. The maximum atomic E-state index is 8.86. The van der Waals surface area contributed by atoms with Crippen molar-refractivity contribution < 1.29 is 0 Å². The van der Waals surface area contributed by atoms with Crippen molar-refractivity contribution in [2.75, 3.05) is 0 Å². The summed E-state index contributed by atoms with van der Waals surface area (Å²) < 4.78 is 2.12. The summed E-state index contributed by atoms with van der Waals surface area (Å²) in [7, 11) is 0. The van der Waals surface area contributed by atoms with Crippen LogP contribution in [0.15, 0.2) is 24.5 Å². The maximum absolute atomic E-state index is 8.86. The van der Waals surface area contributed by atoms with Crippen molar-refractivity contribution >= 4 is 11.0 Å². The molecule has 1 aromatic carbocycles. The summed E-state index contributed by atoms with van der Waals surface area (Å²) in [5.41, 5.74) is 2.71. The number of hydrogen-bond acceptors (Lipinski definition) is 2. The van der Waals surface area contributed by atoms with Gasteiger partial charge in [-0.3, -0.25) is 0 Å². The maximum Gasteiger partial charge on any atom is 0.0992 e. The first-order valence-corrected chi connectivity index (χ1v) is 5.55. The lowest BCUT2D eigenvalue weighted by atomic mass is 10.1. The predicted molar refractivity (Wildman–Crippen MR) is 63.9 cm³/mol. The molecule has 0 aliphatic heterocycles. The summed E-state index contributed by atoms with van der Waals surface area (Å²) in [5.74, 6) is 0.677. The first kappa shape index (κ1) is 10.7. The number of benzene rings is 1. The van der Waals surface area contributed by atoms with E-state index < -0.39 is 0 Å². The van der Waals surface area contributed by atoms with Crippen molar-refractivity contribution in [3.05, 3.63) is 30.1 Å². The van der Waals surface area contributed by atoms with Crippen molar-refractivity contribution in [1.82, 2.24) is 9.55 Å². The van der Waals surface area contributed by atoms with Gasteiger partial charge in [-0.15, -0.1) is 0 Å². The van der Waals surface area contributed by atoms with Gasteiger partial charge < -0.3 is 4.57 Å². The molecule has 0 saturated heterocycles. The molecule has 3 heteroatoms. The van der Waals surface area contributed by atoms with Crippen LogP contribution >= 0.6 is 0 Å². The molecule has 0 radical (unpaired) electrons. The molecule has 1 aromatic heterocycles. The van der Waals surface area contributed by atoms with Gasteiger partial charge in [0.25, 0.3) is 0 Å². The average molecular weight is 213 g/mol. The lowest BCUT2D eigenvalue weighted by Crippen LogP contribution is -1.99. The third-order valence-electron chi connectivity index (χ3n) is 2.70. The van der Waals surface area contributed by atoms with E-state index in [1.165, 1.54) is 0 Å². The Kier molecular flexibility index (Phi) is 2.91. The minimum Gasteiger partial charge on any atom is -0.331 e. The van der Waals surface area contributed by atoms with Crippen LogP contribution < -0.4 is 0 Å². The van der Waals surface area contributed by atoms with E-state index in [0.29, 0.717) is 11.5 Å². The van der Waals surface area contributed by atoms with Crippen molar-refractivity contribution in [2.45, 2.75) is 26.8 Å². The summed E-state index contributed by atoms with van der Waals surface area (Å²) in [6.07, 6.45) is 2.98. The highest BCUT2D eigenvalue weighted by Gasteiger charge is 2.04. The molecule has 0 atom stereocenters. The molecule has 0 amide bonds. The van der Waals surface area contributed by atoms with Crippen molar-refractivity contribution in [3.63, 3.8) is 0 Å². The molecule has 0 bridgehead atoms. The van der Waals surface area contributed by atoms with Crippen molar-refractivity contribution in [3.8, 4) is 6.07 Å². The zero-order valence-electron chi connectivity index (χ0n) is 9.64. The summed E-state index contributed by atoms with van der Waals surface area (Å²) in [4.78, 5) is 4.33. The van der Waals surface area contributed by atoms with Crippen LogP contribution in [0, 0.1) is 17.2 Å². The third kappa shape index (κ3) is 2.06. The van der Waals surface area contributed by atoms with Crippen LogP contribution in [0.3, 0.4) is 0 Å². The minimum absolute atomic E-state index is 0.677. The molecule has 0 unspecified atom stereocenters. The van der Waals surface area contributed by atoms with E-state index in [-0.39, 0.29) is 0 Å². The van der Waals surface area contributed by atoms with E-state index in [1.807, 2.05) is 24.5 Å². The van der Waals surface area contributed by atoms with Crippen LogP contribution in [-0.2, 0) is 6.54 Å². The quantitative estimate of drug-likeness (QED) is 0.786. The second-order valence-electron chi connectivity index (χ2n) is 4.44. The van der Waals surface area contributed by atoms with E-state index >= 15 is 0 Å². The van der Waals surface area contributed by atoms with Gasteiger partial charge in [-0.05, 0) is 30.5 Å². The smallest absolute Gasteiger partial charge is 0.0992 e. The van der Waals surface area contributed by atoms with Gasteiger partial charge in [0.05, 0.1) is 29.0 Å². The average Bonchev–Trinajstić information content (AvgIpc) is 2.68. The molecular weight excluding hydrogens is 198 g/mol. The van der Waals surface area contributed by atoms with Crippen molar-refractivity contribution in [1.29, 1.82) is 5.26 Å². The number of rotatable bonds is 3. The second-order valence-corrected chi connectivity index (χ2v) is 4.44. The molecule has 0 spiro atoms. The Balaban J connectivity index is 2.35. The number of aromatic nitrogens is 2. The standard InChI is InChI=1S/C13H15N3/c1-10(2)5-6-16-9-15-12-4-3-11(8-14)7-13(12)16/h3-4,7,9-10H,5-6H2,1-2H3. The van der Waals surface area contributed by atoms with Gasteiger partial charge in [-0.25, -0.2) is 4.98 Å². The van der Waals surface area contributed by atoms with Gasteiger partial charge in [0, 0.05) is 6.54 Å². The number of aryl methyl sites for hydroxylation is 1. The Hall–Kier alpha value is -1.82. The summed E-state index contributed by atoms with van der Waals surface area (Å²) >= 11 is 0. The molecular formula is C13H15N3. The molecule has 1 heterocycles. The SMILES string of the molecule is CC(C)CCn1cnc2ccc(C#N)cc21.